The minimum atomic E-state index is -5.08. The van der Waals surface area contributed by atoms with Crippen LogP contribution in [-0.4, -0.2) is 94.5 Å². The number of carbonyl (C=O) groups is 2. The van der Waals surface area contributed by atoms with Crippen molar-refractivity contribution in [3.63, 3.8) is 0 Å². The van der Waals surface area contributed by atoms with E-state index in [9.17, 15) is 38.0 Å². The lowest BCUT2D eigenvalue weighted by molar-refractivity contribution is -0.384. The number of carbonyl (C=O) groups excluding carboxylic acids is 2. The van der Waals surface area contributed by atoms with Gasteiger partial charge in [-0.15, -0.1) is 0 Å². The Bertz CT molecular complexity index is 1980. The number of nitro groups is 1. The van der Waals surface area contributed by atoms with E-state index in [-0.39, 0.29) is 60.4 Å². The molecule has 0 radical (unpaired) electrons. The number of amides is 1. The number of aliphatic hydroxyl groups is 1. The van der Waals surface area contributed by atoms with Crippen molar-refractivity contribution >= 4 is 28.5 Å². The lowest BCUT2D eigenvalue weighted by atomic mass is 9.91. The fourth-order valence-electron chi connectivity index (χ4n) is 7.37. The zero-order valence-corrected chi connectivity index (χ0v) is 30.1. The van der Waals surface area contributed by atoms with Crippen LogP contribution in [0.15, 0.2) is 72.9 Å². The van der Waals surface area contributed by atoms with Crippen molar-refractivity contribution in [3.05, 3.63) is 99.7 Å². The molecular formula is C39H43F3N4O8. The van der Waals surface area contributed by atoms with Gasteiger partial charge in [0.15, 0.2) is 11.5 Å². The van der Waals surface area contributed by atoms with Gasteiger partial charge in [-0.1, -0.05) is 30.3 Å². The number of ether oxygens (including phenoxy) is 3. The van der Waals surface area contributed by atoms with Gasteiger partial charge in [-0.05, 0) is 68.9 Å². The Morgan fingerprint density at radius 3 is 2.37 bits per heavy atom. The quantitative estimate of drug-likeness (QED) is 0.0983. The summed E-state index contributed by atoms with van der Waals surface area (Å²) < 4.78 is 63.4. The molecule has 2 aliphatic rings. The summed E-state index contributed by atoms with van der Waals surface area (Å²) in [4.78, 5) is 40.1. The smallest absolute Gasteiger partial charge is 0.422 e. The zero-order valence-electron chi connectivity index (χ0n) is 30.1. The first-order valence-electron chi connectivity index (χ1n) is 18.0. The number of piperidine rings is 2. The van der Waals surface area contributed by atoms with E-state index in [1.165, 1.54) is 39.8 Å². The number of halogens is 3. The summed E-state index contributed by atoms with van der Waals surface area (Å²) in [5, 5.41) is 23.3. The van der Waals surface area contributed by atoms with E-state index in [1.807, 2.05) is 0 Å². The number of non-ortho nitro benzene ring substituents is 1. The van der Waals surface area contributed by atoms with Gasteiger partial charge >= 0.3 is 12.1 Å². The Morgan fingerprint density at radius 2 is 1.70 bits per heavy atom. The van der Waals surface area contributed by atoms with E-state index in [1.54, 1.807) is 55.5 Å². The number of β-amino-alcohol motifs (C(OH)–C–C–N with tert-alkyl or cyclic N) is 1. The molecule has 0 bridgehead atoms. The summed E-state index contributed by atoms with van der Waals surface area (Å²) >= 11 is 0. The van der Waals surface area contributed by atoms with E-state index in [2.05, 4.69) is 0 Å². The Kier molecular flexibility index (Phi) is 11.5. The van der Waals surface area contributed by atoms with Crippen LogP contribution in [0.3, 0.4) is 0 Å². The highest BCUT2D eigenvalue weighted by Crippen LogP contribution is 2.44. The van der Waals surface area contributed by atoms with Crippen molar-refractivity contribution < 1.29 is 47.0 Å². The van der Waals surface area contributed by atoms with Crippen LogP contribution in [0.2, 0.25) is 0 Å². The molecule has 2 atom stereocenters. The molecule has 4 aromatic rings. The van der Waals surface area contributed by atoms with E-state index in [0.29, 0.717) is 42.9 Å². The molecule has 0 aliphatic carbocycles. The molecule has 2 fully saturated rings. The zero-order chi connectivity index (χ0) is 38.6. The van der Waals surface area contributed by atoms with Gasteiger partial charge in [0.2, 0.25) is 5.60 Å². The second kappa shape index (κ2) is 16.1. The Balaban J connectivity index is 1.17. The maximum Gasteiger partial charge on any atom is 0.422 e. The molecule has 12 nitrogen and oxygen atoms in total. The topological polar surface area (TPSA) is 137 Å². The van der Waals surface area contributed by atoms with E-state index in [4.69, 9.17) is 14.2 Å². The van der Waals surface area contributed by atoms with Crippen LogP contribution in [0.1, 0.15) is 60.5 Å². The van der Waals surface area contributed by atoms with Gasteiger partial charge < -0.3 is 28.8 Å². The second-order valence-corrected chi connectivity index (χ2v) is 13.7. The van der Waals surface area contributed by atoms with Crippen LogP contribution in [-0.2, 0) is 21.7 Å². The van der Waals surface area contributed by atoms with Crippen molar-refractivity contribution in [1.29, 1.82) is 0 Å². The Labute approximate surface area is 310 Å². The van der Waals surface area contributed by atoms with Crippen molar-refractivity contribution in [2.45, 2.75) is 69.5 Å². The molecule has 1 aromatic heterocycles. The lowest BCUT2D eigenvalue weighted by Gasteiger charge is -2.39. The fraction of sp³-hybridized carbons (Fsp3) is 0.436. The molecule has 288 valence electrons. The number of fused-ring (bicyclic) bond motifs is 1. The van der Waals surface area contributed by atoms with E-state index in [0.717, 1.165) is 24.5 Å². The van der Waals surface area contributed by atoms with Gasteiger partial charge in [-0.25, -0.2) is 4.79 Å². The molecule has 2 aliphatic heterocycles. The summed E-state index contributed by atoms with van der Waals surface area (Å²) in [6, 6.07) is 16.7. The summed E-state index contributed by atoms with van der Waals surface area (Å²) in [6.45, 7) is 2.10. The average molecular weight is 753 g/mol. The van der Waals surface area contributed by atoms with Crippen molar-refractivity contribution in [1.82, 2.24) is 14.4 Å². The molecule has 3 aromatic carbocycles. The van der Waals surface area contributed by atoms with Gasteiger partial charge in [-0.3, -0.25) is 19.8 Å². The van der Waals surface area contributed by atoms with Gasteiger partial charge in [0, 0.05) is 67.6 Å². The molecule has 0 saturated carbocycles. The highest BCUT2D eigenvalue weighted by molar-refractivity contribution is 5.97. The van der Waals surface area contributed by atoms with Gasteiger partial charge in [0.1, 0.15) is 12.1 Å². The number of hydrogen-bond acceptors (Lipinski definition) is 9. The lowest BCUT2D eigenvalue weighted by Crippen LogP contribution is -2.53. The third kappa shape index (κ3) is 8.02. The first-order chi connectivity index (χ1) is 25.8. The second-order valence-electron chi connectivity index (χ2n) is 13.7. The molecule has 15 heteroatoms. The minimum Gasteiger partial charge on any atom is -0.493 e. The number of likely N-dealkylation sites (tertiary alicyclic amines) is 2. The maximum absolute atomic E-state index is 15.0. The number of aromatic nitrogens is 1. The van der Waals surface area contributed by atoms with Crippen molar-refractivity contribution in [2.75, 3.05) is 39.9 Å². The number of nitrogens with zero attached hydrogens (tertiary/aromatic N) is 4. The fourth-order valence-corrected chi connectivity index (χ4v) is 7.37. The summed E-state index contributed by atoms with van der Waals surface area (Å²) in [7, 11) is 1.44. The first-order valence-corrected chi connectivity index (χ1v) is 18.0. The van der Waals surface area contributed by atoms with Crippen LogP contribution in [0.25, 0.3) is 10.9 Å². The highest BCUT2D eigenvalue weighted by atomic mass is 19.4. The first kappa shape index (κ1) is 38.6. The molecule has 2 unspecified atom stereocenters. The number of alkyl halides is 3. The number of methoxy groups -OCH3 is 1. The van der Waals surface area contributed by atoms with Crippen LogP contribution in [0.5, 0.6) is 11.5 Å². The van der Waals surface area contributed by atoms with Gasteiger partial charge in [-0.2, -0.15) is 13.2 Å². The molecule has 0 spiro atoms. The maximum atomic E-state index is 15.0. The van der Waals surface area contributed by atoms with Crippen LogP contribution < -0.4 is 9.47 Å². The third-order valence-electron chi connectivity index (χ3n) is 10.2. The predicted octanol–water partition coefficient (Wildman–Crippen LogP) is 6.46. The molecule has 54 heavy (non-hydrogen) atoms. The van der Waals surface area contributed by atoms with Crippen LogP contribution in [0.4, 0.5) is 18.9 Å². The monoisotopic (exact) mass is 752 g/mol. The summed E-state index contributed by atoms with van der Waals surface area (Å²) in [5.41, 5.74) is -2.66. The standard InChI is InChI=1S/C39H43F3N4O8/c1-3-53-37(48)32-11-7-8-18-45(32)36(47)27-12-15-34(35(21-27)52-2)54-29-16-19-43(20-17-29)25-38(49,39(40,41)42)31-24-44(23-26-9-5-4-6-10-26)33-22-28(46(50)51)13-14-30(31)33/h4-6,9-10,12-15,21-22,24,29,32,49H,3,7-8,11,16-20,23,25H2,1-2H3. The Morgan fingerprint density at radius 1 is 0.963 bits per heavy atom. The van der Waals surface area contributed by atoms with Crippen molar-refractivity contribution in [3.8, 4) is 11.5 Å². The number of benzene rings is 3. The Hall–Kier alpha value is -5.15. The number of rotatable bonds is 12. The minimum absolute atomic E-state index is 0.0697. The molecular weight excluding hydrogens is 709 g/mol. The summed E-state index contributed by atoms with van der Waals surface area (Å²) in [5.74, 6) is -0.102. The third-order valence-corrected chi connectivity index (χ3v) is 10.2. The molecule has 6 rings (SSSR count). The molecule has 3 heterocycles. The van der Waals surface area contributed by atoms with Gasteiger partial charge in [0.05, 0.1) is 24.2 Å². The number of hydrogen-bond donors (Lipinski definition) is 1. The van der Waals surface area contributed by atoms with Crippen LogP contribution >= 0.6 is 0 Å². The normalized spacial score (nSPS) is 18.3. The SMILES string of the molecule is CCOC(=O)C1CCCCN1C(=O)c1ccc(OC2CCN(CC(O)(c3cn(Cc4ccccc4)c4cc([N+](=O)[O-])ccc34)C(F)(F)F)CC2)c(OC)c1. The van der Waals surface area contributed by atoms with E-state index >= 15 is 0 Å². The largest absolute Gasteiger partial charge is 0.493 e. The average Bonchev–Trinajstić information content (AvgIpc) is 3.53. The number of esters is 1. The predicted molar refractivity (Wildman–Crippen MR) is 192 cm³/mol. The van der Waals surface area contributed by atoms with Crippen LogP contribution in [0, 0.1) is 10.1 Å². The molecule has 1 N–H and O–H groups in total. The highest BCUT2D eigenvalue weighted by Gasteiger charge is 2.57. The van der Waals surface area contributed by atoms with Crippen molar-refractivity contribution in [2.24, 2.45) is 0 Å². The van der Waals surface area contributed by atoms with Gasteiger partial charge in [0.25, 0.3) is 11.6 Å². The number of nitro benzene ring substituents is 1. The summed E-state index contributed by atoms with van der Waals surface area (Å²) in [6.07, 6.45) is -1.45. The molecule has 1 amide bonds. The van der Waals surface area contributed by atoms with E-state index < -0.39 is 35.3 Å². The molecule has 2 saturated heterocycles.